The van der Waals surface area contributed by atoms with Gasteiger partial charge in [0.05, 0.1) is 6.04 Å². The maximum Gasteiger partial charge on any atom is 0.323 e. The molecule has 1 aromatic heterocycles. The van der Waals surface area contributed by atoms with Gasteiger partial charge in [0.15, 0.2) is 0 Å². The molecule has 2 amide bonds. The highest BCUT2D eigenvalue weighted by molar-refractivity contribution is 7.07. The first-order valence-corrected chi connectivity index (χ1v) is 7.83. The van der Waals surface area contributed by atoms with E-state index in [4.69, 9.17) is 5.11 Å². The van der Waals surface area contributed by atoms with Crippen molar-refractivity contribution in [3.63, 3.8) is 0 Å². The van der Waals surface area contributed by atoms with Crippen molar-refractivity contribution >= 4 is 23.3 Å². The molecule has 1 unspecified atom stereocenters. The second-order valence-corrected chi connectivity index (χ2v) is 5.97. The molecular weight excluding hydrogens is 276 g/mol. The molecule has 1 heterocycles. The summed E-state index contributed by atoms with van der Waals surface area (Å²) in [6, 6.07) is 1.64. The van der Waals surface area contributed by atoms with E-state index in [0.29, 0.717) is 0 Å². The van der Waals surface area contributed by atoms with E-state index in [1.807, 2.05) is 23.8 Å². The van der Waals surface area contributed by atoms with Crippen LogP contribution in [0.3, 0.4) is 0 Å². The van der Waals surface area contributed by atoms with E-state index in [1.165, 1.54) is 4.90 Å². The Kier molecular flexibility index (Phi) is 5.00. The van der Waals surface area contributed by atoms with Crippen LogP contribution in [0.15, 0.2) is 16.8 Å². The van der Waals surface area contributed by atoms with Crippen LogP contribution in [0, 0.1) is 0 Å². The van der Waals surface area contributed by atoms with Crippen molar-refractivity contribution < 1.29 is 14.7 Å². The minimum Gasteiger partial charge on any atom is -0.480 e. The predicted octanol–water partition coefficient (Wildman–Crippen LogP) is 2.85. The lowest BCUT2D eigenvalue weighted by molar-refractivity contribution is -0.138. The number of hydrogen-bond donors (Lipinski definition) is 2. The number of hydrogen-bond acceptors (Lipinski definition) is 3. The Morgan fingerprint density at radius 2 is 2.20 bits per heavy atom. The number of aliphatic carboxylic acids is 1. The molecule has 0 bridgehead atoms. The van der Waals surface area contributed by atoms with Gasteiger partial charge in [-0.2, -0.15) is 11.3 Å². The number of urea groups is 1. The summed E-state index contributed by atoms with van der Waals surface area (Å²) in [5.41, 5.74) is 1.05. The summed E-state index contributed by atoms with van der Waals surface area (Å²) < 4.78 is 0. The first-order valence-electron chi connectivity index (χ1n) is 6.89. The molecule has 0 spiro atoms. The van der Waals surface area contributed by atoms with Crippen molar-refractivity contribution in [1.82, 2.24) is 10.2 Å². The van der Waals surface area contributed by atoms with Gasteiger partial charge >= 0.3 is 12.0 Å². The Hall–Kier alpha value is -1.56. The van der Waals surface area contributed by atoms with E-state index < -0.39 is 5.97 Å². The second-order valence-electron chi connectivity index (χ2n) is 5.19. The monoisotopic (exact) mass is 296 g/mol. The molecule has 1 atom stereocenters. The highest BCUT2D eigenvalue weighted by atomic mass is 32.1. The molecule has 1 fully saturated rings. The van der Waals surface area contributed by atoms with Crippen LogP contribution < -0.4 is 5.32 Å². The SMILES string of the molecule is CC(NC(=O)N(CC(=O)O)C1CCCC1)c1ccsc1. The number of amides is 2. The molecule has 110 valence electrons. The van der Waals surface area contributed by atoms with Crippen LogP contribution >= 0.6 is 11.3 Å². The van der Waals surface area contributed by atoms with Gasteiger partial charge in [-0.15, -0.1) is 0 Å². The molecule has 5 nitrogen and oxygen atoms in total. The summed E-state index contributed by atoms with van der Waals surface area (Å²) in [5.74, 6) is -0.963. The number of nitrogens with zero attached hydrogens (tertiary/aromatic N) is 1. The number of thiophene rings is 1. The number of nitrogens with one attached hydrogen (secondary N) is 1. The smallest absolute Gasteiger partial charge is 0.323 e. The average Bonchev–Trinajstić information content (AvgIpc) is 3.08. The summed E-state index contributed by atoms with van der Waals surface area (Å²) in [7, 11) is 0. The largest absolute Gasteiger partial charge is 0.480 e. The van der Waals surface area contributed by atoms with Gasteiger partial charge in [0.1, 0.15) is 6.54 Å². The molecule has 1 saturated carbocycles. The van der Waals surface area contributed by atoms with Crippen LogP contribution in [0.5, 0.6) is 0 Å². The van der Waals surface area contributed by atoms with Crippen molar-refractivity contribution in [2.45, 2.75) is 44.7 Å². The Balaban J connectivity index is 2.00. The Bertz CT molecular complexity index is 455. The lowest BCUT2D eigenvalue weighted by Crippen LogP contribution is -2.48. The van der Waals surface area contributed by atoms with Gasteiger partial charge < -0.3 is 15.3 Å². The predicted molar refractivity (Wildman–Crippen MR) is 77.9 cm³/mol. The molecule has 2 N–H and O–H groups in total. The van der Waals surface area contributed by atoms with E-state index in [1.54, 1.807) is 11.3 Å². The summed E-state index contributed by atoms with van der Waals surface area (Å²) in [6.07, 6.45) is 3.92. The van der Waals surface area contributed by atoms with Gasteiger partial charge in [-0.05, 0) is 42.2 Å². The molecule has 6 heteroatoms. The molecule has 0 aliphatic heterocycles. The van der Waals surface area contributed by atoms with Gasteiger partial charge in [-0.1, -0.05) is 12.8 Å². The summed E-state index contributed by atoms with van der Waals surface area (Å²) >= 11 is 1.58. The maximum atomic E-state index is 12.3. The van der Waals surface area contributed by atoms with Crippen molar-refractivity contribution in [2.75, 3.05) is 6.54 Å². The molecule has 1 aliphatic rings. The summed E-state index contributed by atoms with van der Waals surface area (Å²) in [6.45, 7) is 1.68. The number of rotatable bonds is 5. The van der Waals surface area contributed by atoms with Crippen molar-refractivity contribution in [3.05, 3.63) is 22.4 Å². The zero-order valence-corrected chi connectivity index (χ0v) is 12.4. The number of carbonyl (C=O) groups excluding carboxylic acids is 1. The minimum absolute atomic E-state index is 0.0563. The van der Waals surface area contributed by atoms with Crippen LogP contribution in [0.2, 0.25) is 0 Å². The standard InChI is InChI=1S/C14H20N2O3S/c1-10(11-6-7-20-9-11)15-14(19)16(8-13(17)18)12-4-2-3-5-12/h6-7,9-10,12H,2-5,8H2,1H3,(H,15,19)(H,17,18). The Labute approximate surface area is 122 Å². The molecule has 2 rings (SSSR count). The Morgan fingerprint density at radius 1 is 1.50 bits per heavy atom. The van der Waals surface area contributed by atoms with Gasteiger partial charge in [-0.25, -0.2) is 4.79 Å². The van der Waals surface area contributed by atoms with E-state index >= 15 is 0 Å². The molecule has 0 radical (unpaired) electrons. The van der Waals surface area contributed by atoms with E-state index in [9.17, 15) is 9.59 Å². The van der Waals surface area contributed by atoms with Crippen molar-refractivity contribution in [2.24, 2.45) is 0 Å². The zero-order chi connectivity index (χ0) is 14.5. The third kappa shape index (κ3) is 3.72. The van der Waals surface area contributed by atoms with Crippen LogP contribution in [-0.4, -0.2) is 34.6 Å². The lowest BCUT2D eigenvalue weighted by Gasteiger charge is -2.29. The van der Waals surface area contributed by atoms with E-state index in [0.717, 1.165) is 31.2 Å². The van der Waals surface area contributed by atoms with Gasteiger partial charge in [0, 0.05) is 6.04 Å². The molecule has 20 heavy (non-hydrogen) atoms. The highest BCUT2D eigenvalue weighted by Gasteiger charge is 2.29. The fourth-order valence-corrected chi connectivity index (χ4v) is 3.36. The van der Waals surface area contributed by atoms with Gasteiger partial charge in [-0.3, -0.25) is 4.79 Å². The fourth-order valence-electron chi connectivity index (χ4n) is 2.60. The topological polar surface area (TPSA) is 69.6 Å². The van der Waals surface area contributed by atoms with Crippen molar-refractivity contribution in [1.29, 1.82) is 0 Å². The van der Waals surface area contributed by atoms with Crippen LogP contribution in [0.25, 0.3) is 0 Å². The fraction of sp³-hybridized carbons (Fsp3) is 0.571. The Morgan fingerprint density at radius 3 is 2.75 bits per heavy atom. The van der Waals surface area contributed by atoms with Gasteiger partial charge in [0.25, 0.3) is 0 Å². The third-order valence-electron chi connectivity index (χ3n) is 3.72. The summed E-state index contributed by atoms with van der Waals surface area (Å²) in [4.78, 5) is 24.8. The van der Waals surface area contributed by atoms with E-state index in [-0.39, 0.29) is 24.7 Å². The normalized spacial score (nSPS) is 16.9. The lowest BCUT2D eigenvalue weighted by atomic mass is 10.2. The van der Waals surface area contributed by atoms with Crippen LogP contribution in [0.1, 0.15) is 44.2 Å². The van der Waals surface area contributed by atoms with Crippen molar-refractivity contribution in [3.8, 4) is 0 Å². The van der Waals surface area contributed by atoms with Crippen LogP contribution in [0.4, 0.5) is 4.79 Å². The first-order chi connectivity index (χ1) is 9.58. The number of carbonyl (C=O) groups is 2. The molecule has 0 saturated heterocycles. The maximum absolute atomic E-state index is 12.3. The van der Waals surface area contributed by atoms with Crippen LogP contribution in [-0.2, 0) is 4.79 Å². The number of carboxylic acid groups (broad SMARTS) is 1. The highest BCUT2D eigenvalue weighted by Crippen LogP contribution is 2.24. The average molecular weight is 296 g/mol. The van der Waals surface area contributed by atoms with Gasteiger partial charge in [0.2, 0.25) is 0 Å². The number of carboxylic acids is 1. The molecular formula is C14H20N2O3S. The molecule has 1 aromatic rings. The quantitative estimate of drug-likeness (QED) is 0.877. The molecule has 1 aliphatic carbocycles. The first kappa shape index (κ1) is 14.8. The summed E-state index contributed by atoms with van der Waals surface area (Å²) in [5, 5.41) is 15.8. The zero-order valence-electron chi connectivity index (χ0n) is 11.5. The molecule has 0 aromatic carbocycles. The van der Waals surface area contributed by atoms with E-state index in [2.05, 4.69) is 5.32 Å². The second kappa shape index (κ2) is 6.74. The third-order valence-corrected chi connectivity index (χ3v) is 4.42. The minimum atomic E-state index is -0.963.